The van der Waals surface area contributed by atoms with E-state index in [2.05, 4.69) is 22.1 Å². The average molecular weight is 442 g/mol. The van der Waals surface area contributed by atoms with Crippen LogP contribution in [-0.4, -0.2) is 55.9 Å². The van der Waals surface area contributed by atoms with Crippen LogP contribution in [-0.2, 0) is 13.0 Å². The lowest BCUT2D eigenvalue weighted by Gasteiger charge is -2.21. The molecule has 9 heteroatoms. The van der Waals surface area contributed by atoms with Crippen LogP contribution in [0.2, 0.25) is 0 Å². The Morgan fingerprint density at radius 1 is 1.21 bits per heavy atom. The van der Waals surface area contributed by atoms with Crippen LogP contribution in [0.1, 0.15) is 20.8 Å². The van der Waals surface area contributed by atoms with E-state index in [1.165, 1.54) is 22.2 Å². The zero-order valence-corrected chi connectivity index (χ0v) is 18.5. The number of aromatic nitrogens is 4. The molecule has 0 radical (unpaired) electrons. The summed E-state index contributed by atoms with van der Waals surface area (Å²) in [6.45, 7) is 2.00. The molecule has 0 fully saturated rings. The van der Waals surface area contributed by atoms with Gasteiger partial charge in [-0.05, 0) is 25.3 Å². The smallest absolute Gasteiger partial charge is 0.198 e. The normalized spacial score (nSPS) is 14.6. The molecule has 4 heterocycles. The van der Waals surface area contributed by atoms with E-state index < -0.39 is 0 Å². The summed E-state index contributed by atoms with van der Waals surface area (Å²) in [7, 11) is 2.15. The molecule has 0 saturated carbocycles. The maximum absolute atomic E-state index is 12.5. The summed E-state index contributed by atoms with van der Waals surface area (Å²) in [5.41, 5.74) is 2.93. The average Bonchev–Trinajstić information content (AvgIpc) is 3.32. The van der Waals surface area contributed by atoms with Crippen molar-refractivity contribution < 1.29 is 4.79 Å². The van der Waals surface area contributed by atoms with Gasteiger partial charge in [-0.1, -0.05) is 53.9 Å². The SMILES string of the molecule is CSc1nc2sc3c(c2c2nnc(SCC(=O)c4ccccc4)n12)CCN(C)C3. The molecule has 0 saturated heterocycles. The van der Waals surface area contributed by atoms with E-state index in [0.717, 1.165) is 51.3 Å². The van der Waals surface area contributed by atoms with Crippen molar-refractivity contribution in [2.24, 2.45) is 0 Å². The summed E-state index contributed by atoms with van der Waals surface area (Å²) in [4.78, 5) is 22.2. The van der Waals surface area contributed by atoms with E-state index >= 15 is 0 Å². The molecule has 0 amide bonds. The highest BCUT2D eigenvalue weighted by molar-refractivity contribution is 8.00. The first-order chi connectivity index (χ1) is 14.2. The van der Waals surface area contributed by atoms with Crippen LogP contribution < -0.4 is 0 Å². The van der Waals surface area contributed by atoms with Gasteiger partial charge in [0.05, 0.1) is 11.1 Å². The minimum atomic E-state index is 0.0861. The minimum Gasteiger partial charge on any atom is -0.301 e. The Bertz CT molecular complexity index is 1220. The van der Waals surface area contributed by atoms with Crippen LogP contribution in [0, 0.1) is 0 Å². The molecule has 4 aromatic rings. The number of nitrogens with zero attached hydrogens (tertiary/aromatic N) is 5. The second-order valence-corrected chi connectivity index (χ2v) is 9.79. The monoisotopic (exact) mass is 441 g/mol. The van der Waals surface area contributed by atoms with Crippen LogP contribution in [0.4, 0.5) is 0 Å². The van der Waals surface area contributed by atoms with Crippen LogP contribution in [0.3, 0.4) is 0 Å². The van der Waals surface area contributed by atoms with E-state index in [0.29, 0.717) is 5.75 Å². The maximum atomic E-state index is 12.5. The van der Waals surface area contributed by atoms with Gasteiger partial charge in [0, 0.05) is 23.5 Å². The molecule has 3 aromatic heterocycles. The van der Waals surface area contributed by atoms with Gasteiger partial charge in [-0.25, -0.2) is 9.38 Å². The number of hydrogen-bond acceptors (Lipinski definition) is 8. The number of thioether (sulfide) groups is 2. The van der Waals surface area contributed by atoms with E-state index in [9.17, 15) is 4.79 Å². The zero-order valence-electron chi connectivity index (χ0n) is 16.1. The fraction of sp³-hybridized carbons (Fsp3) is 0.300. The van der Waals surface area contributed by atoms with E-state index in [4.69, 9.17) is 4.98 Å². The van der Waals surface area contributed by atoms with Crippen molar-refractivity contribution in [3.05, 3.63) is 46.3 Å². The summed E-state index contributed by atoms with van der Waals surface area (Å²) in [6.07, 6.45) is 3.02. The summed E-state index contributed by atoms with van der Waals surface area (Å²) < 4.78 is 2.02. The maximum Gasteiger partial charge on any atom is 0.198 e. The van der Waals surface area contributed by atoms with Gasteiger partial charge in [0.1, 0.15) is 4.83 Å². The Hall–Kier alpha value is -1.94. The van der Waals surface area contributed by atoms with E-state index in [1.807, 2.05) is 41.0 Å². The topological polar surface area (TPSA) is 63.4 Å². The first kappa shape index (κ1) is 19.0. The van der Waals surface area contributed by atoms with Crippen LogP contribution in [0.5, 0.6) is 0 Å². The molecule has 148 valence electrons. The van der Waals surface area contributed by atoms with Gasteiger partial charge < -0.3 is 4.90 Å². The van der Waals surface area contributed by atoms with E-state index in [1.54, 1.807) is 23.1 Å². The fourth-order valence-corrected chi connectivity index (χ4v) is 6.41. The van der Waals surface area contributed by atoms with Gasteiger partial charge in [0.25, 0.3) is 0 Å². The van der Waals surface area contributed by atoms with E-state index in [-0.39, 0.29) is 5.78 Å². The molecule has 5 rings (SSSR count). The molecule has 0 atom stereocenters. The number of carbonyl (C=O) groups is 1. The van der Waals surface area contributed by atoms with Gasteiger partial charge in [-0.3, -0.25) is 4.79 Å². The first-order valence-corrected chi connectivity index (χ1v) is 12.3. The zero-order chi connectivity index (χ0) is 20.0. The number of benzene rings is 1. The van der Waals surface area contributed by atoms with Gasteiger partial charge >= 0.3 is 0 Å². The largest absolute Gasteiger partial charge is 0.301 e. The number of rotatable bonds is 5. The summed E-state index contributed by atoms with van der Waals surface area (Å²) >= 11 is 4.76. The molecule has 0 N–H and O–H groups in total. The Kier molecular flexibility index (Phi) is 5.07. The summed E-state index contributed by atoms with van der Waals surface area (Å²) in [5, 5.41) is 11.7. The van der Waals surface area contributed by atoms with Crippen molar-refractivity contribution in [3.63, 3.8) is 0 Å². The predicted octanol–water partition coefficient (Wildman–Crippen LogP) is 4.02. The lowest BCUT2D eigenvalue weighted by molar-refractivity contribution is 0.102. The van der Waals surface area contributed by atoms with Crippen LogP contribution in [0.15, 0.2) is 40.6 Å². The van der Waals surface area contributed by atoms with Crippen molar-refractivity contribution >= 4 is 56.5 Å². The molecule has 0 aliphatic carbocycles. The summed E-state index contributed by atoms with van der Waals surface area (Å²) in [5.74, 6) is 0.409. The number of hydrogen-bond donors (Lipinski definition) is 0. The Labute approximate surface area is 180 Å². The second-order valence-electron chi connectivity index (χ2n) is 6.99. The highest BCUT2D eigenvalue weighted by Gasteiger charge is 2.25. The van der Waals surface area contributed by atoms with Gasteiger partial charge in [0.15, 0.2) is 21.7 Å². The number of carbonyl (C=O) groups excluding carboxylic acids is 1. The second kappa shape index (κ2) is 7.71. The number of fused-ring (bicyclic) bond motifs is 5. The molecule has 0 unspecified atom stereocenters. The van der Waals surface area contributed by atoms with Crippen molar-refractivity contribution in [1.29, 1.82) is 0 Å². The predicted molar refractivity (Wildman–Crippen MR) is 119 cm³/mol. The molecule has 1 aliphatic rings. The highest BCUT2D eigenvalue weighted by atomic mass is 32.2. The summed E-state index contributed by atoms with van der Waals surface area (Å²) in [6, 6.07) is 9.37. The Balaban J connectivity index is 1.55. The number of ketones is 1. The third-order valence-electron chi connectivity index (χ3n) is 5.09. The third-order valence-corrected chi connectivity index (χ3v) is 7.76. The first-order valence-electron chi connectivity index (χ1n) is 9.28. The van der Waals surface area contributed by atoms with Crippen molar-refractivity contribution in [2.75, 3.05) is 25.6 Å². The Morgan fingerprint density at radius 3 is 2.83 bits per heavy atom. The molecule has 0 bridgehead atoms. The standard InChI is InChI=1S/C20H19N5OS3/c1-24-9-8-13-15(10-24)29-18-16(13)17-22-23-20(25(17)19(21-18)27-2)28-11-14(26)12-6-4-3-5-7-12/h3-7H,8-11H2,1-2H3. The molecule has 29 heavy (non-hydrogen) atoms. The van der Waals surface area contributed by atoms with Crippen molar-refractivity contribution in [1.82, 2.24) is 24.5 Å². The lowest BCUT2D eigenvalue weighted by atomic mass is 10.1. The molecule has 0 spiro atoms. The molecule has 1 aliphatic heterocycles. The molecule has 1 aromatic carbocycles. The number of Topliss-reactive ketones (excluding diaryl/α,β-unsaturated/α-hetero) is 1. The van der Waals surface area contributed by atoms with Crippen molar-refractivity contribution in [2.45, 2.75) is 23.3 Å². The quantitative estimate of drug-likeness (QED) is 0.263. The van der Waals surface area contributed by atoms with Gasteiger partial charge in [-0.15, -0.1) is 21.5 Å². The van der Waals surface area contributed by atoms with Crippen molar-refractivity contribution in [3.8, 4) is 0 Å². The molecular weight excluding hydrogens is 422 g/mol. The number of likely N-dealkylation sites (N-methyl/N-ethyl adjacent to an activating group) is 1. The minimum absolute atomic E-state index is 0.0861. The van der Waals surface area contributed by atoms with Gasteiger partial charge in [0.2, 0.25) is 0 Å². The lowest BCUT2D eigenvalue weighted by Crippen LogP contribution is -2.25. The van der Waals surface area contributed by atoms with Gasteiger partial charge in [-0.2, -0.15) is 0 Å². The Morgan fingerprint density at radius 2 is 2.03 bits per heavy atom. The van der Waals surface area contributed by atoms with Crippen LogP contribution >= 0.6 is 34.9 Å². The molecule has 6 nitrogen and oxygen atoms in total. The fourth-order valence-electron chi connectivity index (χ4n) is 3.64. The highest BCUT2D eigenvalue weighted by Crippen LogP contribution is 2.38. The number of thiophene rings is 1. The molecular formula is C20H19N5OS3. The third kappa shape index (κ3) is 3.35. The van der Waals surface area contributed by atoms with Crippen LogP contribution in [0.25, 0.3) is 15.9 Å².